The fraction of sp³-hybridized carbons (Fsp3) is 0.200. The molecule has 7 heteroatoms. The van der Waals surface area contributed by atoms with Gasteiger partial charge in [-0.15, -0.1) is 0 Å². The quantitative estimate of drug-likeness (QED) is 0.608. The Balaban J connectivity index is 1.31. The Bertz CT molecular complexity index is 1070. The van der Waals surface area contributed by atoms with E-state index in [1.54, 1.807) is 18.2 Å². The summed E-state index contributed by atoms with van der Waals surface area (Å²) in [6.07, 6.45) is 0. The molecule has 0 saturated carbocycles. The number of carbonyl (C=O) groups is 2. The number of rotatable bonds is 6. The number of nitrogens with one attached hydrogen (secondary N) is 1. The van der Waals surface area contributed by atoms with Crippen molar-refractivity contribution in [2.75, 3.05) is 43.0 Å². The highest BCUT2D eigenvalue weighted by molar-refractivity contribution is 6.33. The second-order valence-corrected chi connectivity index (χ2v) is 7.87. The van der Waals surface area contributed by atoms with E-state index < -0.39 is 0 Å². The molecule has 4 rings (SSSR count). The molecule has 1 saturated heterocycles. The van der Waals surface area contributed by atoms with E-state index >= 15 is 0 Å². The van der Waals surface area contributed by atoms with Crippen LogP contribution < -0.4 is 15.0 Å². The average Bonchev–Trinajstić information content (AvgIpc) is 2.84. The number of anilines is 2. The molecule has 1 N–H and O–H groups in total. The molecule has 6 nitrogen and oxygen atoms in total. The predicted octanol–water partition coefficient (Wildman–Crippen LogP) is 4.32. The normalized spacial score (nSPS) is 13.5. The number of hydrogen-bond donors (Lipinski definition) is 1. The van der Waals surface area contributed by atoms with Crippen LogP contribution in [0.25, 0.3) is 0 Å². The van der Waals surface area contributed by atoms with Gasteiger partial charge in [0.1, 0.15) is 5.75 Å². The predicted molar refractivity (Wildman–Crippen MR) is 127 cm³/mol. The van der Waals surface area contributed by atoms with E-state index in [4.69, 9.17) is 16.3 Å². The first-order chi connectivity index (χ1) is 15.6. The number of para-hydroxylation sites is 1. The molecule has 0 aliphatic carbocycles. The number of amides is 2. The van der Waals surface area contributed by atoms with Gasteiger partial charge < -0.3 is 19.9 Å². The molecule has 0 radical (unpaired) electrons. The van der Waals surface area contributed by atoms with Gasteiger partial charge in [0.05, 0.1) is 10.7 Å². The van der Waals surface area contributed by atoms with Crippen LogP contribution in [0.2, 0.25) is 5.02 Å². The minimum Gasteiger partial charge on any atom is -0.484 e. The minimum absolute atomic E-state index is 0.0483. The van der Waals surface area contributed by atoms with Crippen molar-refractivity contribution < 1.29 is 14.3 Å². The summed E-state index contributed by atoms with van der Waals surface area (Å²) in [5.41, 5.74) is 2.20. The van der Waals surface area contributed by atoms with E-state index in [-0.39, 0.29) is 18.4 Å². The fourth-order valence-electron chi connectivity index (χ4n) is 3.62. The van der Waals surface area contributed by atoms with E-state index in [0.717, 1.165) is 5.69 Å². The van der Waals surface area contributed by atoms with Gasteiger partial charge in [0, 0.05) is 37.4 Å². The maximum atomic E-state index is 12.6. The van der Waals surface area contributed by atoms with Crippen LogP contribution in [0.3, 0.4) is 0 Å². The van der Waals surface area contributed by atoms with E-state index in [9.17, 15) is 9.59 Å². The Morgan fingerprint density at radius 1 is 0.875 bits per heavy atom. The molecule has 1 heterocycles. The highest BCUT2D eigenvalue weighted by atomic mass is 35.5. The topological polar surface area (TPSA) is 61.9 Å². The Kier molecular flexibility index (Phi) is 6.92. The van der Waals surface area contributed by atoms with Crippen molar-refractivity contribution in [3.05, 3.63) is 89.4 Å². The molecule has 0 unspecified atom stereocenters. The van der Waals surface area contributed by atoms with Gasteiger partial charge in [0.25, 0.3) is 11.8 Å². The second-order valence-electron chi connectivity index (χ2n) is 7.46. The average molecular weight is 450 g/mol. The van der Waals surface area contributed by atoms with Crippen LogP contribution in [0.15, 0.2) is 78.9 Å². The molecule has 3 aromatic rings. The Morgan fingerprint density at radius 3 is 2.19 bits per heavy atom. The summed E-state index contributed by atoms with van der Waals surface area (Å²) in [5, 5.41) is 3.35. The third-order valence-electron chi connectivity index (χ3n) is 5.27. The Hall–Kier alpha value is -3.51. The van der Waals surface area contributed by atoms with Crippen molar-refractivity contribution in [1.29, 1.82) is 0 Å². The summed E-state index contributed by atoms with van der Waals surface area (Å²) in [4.78, 5) is 28.8. The molecule has 164 valence electrons. The van der Waals surface area contributed by atoms with Gasteiger partial charge in [-0.1, -0.05) is 48.0 Å². The lowest BCUT2D eigenvalue weighted by Gasteiger charge is -2.36. The summed E-state index contributed by atoms with van der Waals surface area (Å²) >= 11 is 6.51. The molecule has 1 aliphatic heterocycles. The van der Waals surface area contributed by atoms with Crippen LogP contribution in [0.1, 0.15) is 10.4 Å². The molecular formula is C25H24ClN3O3. The smallest absolute Gasteiger partial charge is 0.262 e. The first-order valence-corrected chi connectivity index (χ1v) is 10.8. The van der Waals surface area contributed by atoms with Gasteiger partial charge in [0.2, 0.25) is 0 Å². The first-order valence-electron chi connectivity index (χ1n) is 10.5. The molecular weight excluding hydrogens is 426 g/mol. The summed E-state index contributed by atoms with van der Waals surface area (Å²) in [6, 6.07) is 24.0. The lowest BCUT2D eigenvalue weighted by atomic mass is 10.1. The van der Waals surface area contributed by atoms with Crippen molar-refractivity contribution in [1.82, 2.24) is 4.90 Å². The summed E-state index contributed by atoms with van der Waals surface area (Å²) in [6.45, 7) is 2.54. The van der Waals surface area contributed by atoms with E-state index in [0.29, 0.717) is 48.2 Å². The van der Waals surface area contributed by atoms with Crippen LogP contribution in [0.4, 0.5) is 11.4 Å². The fourth-order valence-corrected chi connectivity index (χ4v) is 3.92. The molecule has 2 amide bonds. The lowest BCUT2D eigenvalue weighted by molar-refractivity contribution is -0.118. The summed E-state index contributed by atoms with van der Waals surface area (Å²) < 4.78 is 5.46. The number of halogens is 1. The lowest BCUT2D eigenvalue weighted by Crippen LogP contribution is -2.48. The van der Waals surface area contributed by atoms with Crippen molar-refractivity contribution in [3.63, 3.8) is 0 Å². The third kappa shape index (κ3) is 5.39. The largest absolute Gasteiger partial charge is 0.484 e. The minimum atomic E-state index is -0.259. The number of hydrogen-bond acceptors (Lipinski definition) is 4. The zero-order valence-electron chi connectivity index (χ0n) is 17.5. The number of piperazine rings is 1. The van der Waals surface area contributed by atoms with E-state index in [1.165, 1.54) is 0 Å². The zero-order chi connectivity index (χ0) is 22.3. The zero-order valence-corrected chi connectivity index (χ0v) is 18.3. The number of nitrogens with zero attached hydrogens (tertiary/aromatic N) is 2. The molecule has 0 aromatic heterocycles. The maximum Gasteiger partial charge on any atom is 0.262 e. The first kappa shape index (κ1) is 21.7. The van der Waals surface area contributed by atoms with Crippen molar-refractivity contribution in [3.8, 4) is 5.75 Å². The van der Waals surface area contributed by atoms with Crippen molar-refractivity contribution in [2.24, 2.45) is 0 Å². The Morgan fingerprint density at radius 2 is 1.53 bits per heavy atom. The summed E-state index contributed by atoms with van der Waals surface area (Å²) in [5.74, 6) is 0.429. The second kappa shape index (κ2) is 10.2. The molecule has 32 heavy (non-hydrogen) atoms. The number of benzene rings is 3. The van der Waals surface area contributed by atoms with Crippen LogP contribution in [0.5, 0.6) is 5.75 Å². The molecule has 0 atom stereocenters. The Labute approximate surface area is 192 Å². The van der Waals surface area contributed by atoms with Gasteiger partial charge in [-0.2, -0.15) is 0 Å². The van der Waals surface area contributed by atoms with Crippen LogP contribution >= 0.6 is 11.6 Å². The highest BCUT2D eigenvalue weighted by Crippen LogP contribution is 2.30. The van der Waals surface area contributed by atoms with Crippen molar-refractivity contribution in [2.45, 2.75) is 0 Å². The maximum absolute atomic E-state index is 12.6. The third-order valence-corrected chi connectivity index (χ3v) is 5.58. The van der Waals surface area contributed by atoms with Crippen molar-refractivity contribution >= 4 is 34.8 Å². The monoisotopic (exact) mass is 449 g/mol. The molecule has 0 spiro atoms. The molecule has 3 aromatic carbocycles. The van der Waals surface area contributed by atoms with Crippen LogP contribution in [-0.4, -0.2) is 49.5 Å². The van der Waals surface area contributed by atoms with Crippen LogP contribution in [-0.2, 0) is 4.79 Å². The van der Waals surface area contributed by atoms with E-state index in [2.05, 4.69) is 10.2 Å². The number of ether oxygens (including phenoxy) is 1. The van der Waals surface area contributed by atoms with Gasteiger partial charge >= 0.3 is 0 Å². The van der Waals surface area contributed by atoms with Crippen LogP contribution in [0, 0.1) is 0 Å². The molecule has 1 aliphatic rings. The number of carbonyl (C=O) groups excluding carboxylic acids is 2. The highest BCUT2D eigenvalue weighted by Gasteiger charge is 2.23. The van der Waals surface area contributed by atoms with E-state index in [1.807, 2.05) is 65.6 Å². The molecule has 0 bridgehead atoms. The SMILES string of the molecule is O=C(COc1ccccc1)Nc1ccc(N2CCN(C(=O)c3ccccc3)CC2)c(Cl)c1. The van der Waals surface area contributed by atoms with Gasteiger partial charge in [-0.3, -0.25) is 9.59 Å². The molecule has 1 fully saturated rings. The standard InChI is InChI=1S/C25H24ClN3O3/c26-22-17-20(27-24(30)18-32-21-9-5-2-6-10-21)11-12-23(22)28-13-15-29(16-14-28)25(31)19-7-3-1-4-8-19/h1-12,17H,13-16,18H2,(H,27,30). The van der Waals surface area contributed by atoms with Gasteiger partial charge in [0.15, 0.2) is 6.61 Å². The van der Waals surface area contributed by atoms with Gasteiger partial charge in [-0.05, 0) is 42.5 Å². The van der Waals surface area contributed by atoms with Gasteiger partial charge in [-0.25, -0.2) is 0 Å². The summed E-state index contributed by atoms with van der Waals surface area (Å²) in [7, 11) is 0.